The first-order valence-corrected chi connectivity index (χ1v) is 8.76. The third-order valence-electron chi connectivity index (χ3n) is 4.40. The van der Waals surface area contributed by atoms with Crippen LogP contribution in [0, 0.1) is 0 Å². The van der Waals surface area contributed by atoms with E-state index in [1.54, 1.807) is 25.4 Å². The lowest BCUT2D eigenvalue weighted by Crippen LogP contribution is -2.49. The summed E-state index contributed by atoms with van der Waals surface area (Å²) in [5, 5.41) is 4.31. The molecule has 1 aromatic carbocycles. The molecule has 2 aromatic rings. The van der Waals surface area contributed by atoms with Gasteiger partial charge in [-0.1, -0.05) is 12.1 Å². The van der Waals surface area contributed by atoms with E-state index in [2.05, 4.69) is 33.9 Å². The number of rotatable bonds is 4. The Labute approximate surface area is 141 Å². The Bertz CT molecular complexity index is 640. The zero-order chi connectivity index (χ0) is 16.2. The Balaban J connectivity index is 1.82. The van der Waals surface area contributed by atoms with E-state index in [4.69, 9.17) is 4.74 Å². The molecule has 1 atom stereocenters. The minimum Gasteiger partial charge on any atom is -0.497 e. The monoisotopic (exact) mass is 330 g/mol. The molecule has 1 amide bonds. The molecule has 5 heteroatoms. The van der Waals surface area contributed by atoms with Crippen LogP contribution in [0.4, 0.5) is 0 Å². The normalized spacial score (nSPS) is 18.9. The highest BCUT2D eigenvalue weighted by molar-refractivity contribution is 7.07. The first-order valence-electron chi connectivity index (χ1n) is 7.82. The van der Waals surface area contributed by atoms with Gasteiger partial charge in [-0.3, -0.25) is 9.69 Å². The maximum Gasteiger partial charge on any atom is 0.219 e. The van der Waals surface area contributed by atoms with Gasteiger partial charge in [-0.05, 0) is 40.1 Å². The van der Waals surface area contributed by atoms with Gasteiger partial charge >= 0.3 is 0 Å². The highest BCUT2D eigenvalue weighted by Crippen LogP contribution is 2.29. The molecule has 0 aliphatic carbocycles. The predicted molar refractivity (Wildman–Crippen MR) is 92.7 cm³/mol. The summed E-state index contributed by atoms with van der Waals surface area (Å²) in [4.78, 5) is 16.2. The number of piperazine rings is 1. The van der Waals surface area contributed by atoms with Crippen LogP contribution in [-0.4, -0.2) is 42.5 Å². The van der Waals surface area contributed by atoms with Crippen LogP contribution in [0.3, 0.4) is 0 Å². The Morgan fingerprint density at radius 2 is 2.04 bits per heavy atom. The van der Waals surface area contributed by atoms with Gasteiger partial charge in [-0.25, -0.2) is 0 Å². The summed E-state index contributed by atoms with van der Waals surface area (Å²) in [6.45, 7) is 5.01. The van der Waals surface area contributed by atoms with Gasteiger partial charge in [-0.2, -0.15) is 11.3 Å². The number of methoxy groups -OCH3 is 1. The molecule has 0 spiro atoms. The number of thiophene rings is 1. The molecule has 1 aliphatic heterocycles. The number of carbonyl (C=O) groups excluding carboxylic acids is 1. The van der Waals surface area contributed by atoms with Crippen molar-refractivity contribution in [2.24, 2.45) is 0 Å². The third-order valence-corrected chi connectivity index (χ3v) is 5.13. The SMILES string of the molecule is COc1ccc([C@H]2CN(C(C)=O)CCN2Cc2ccsc2)cc1. The third kappa shape index (κ3) is 3.74. The Kier molecular flexibility index (Phi) is 4.98. The number of benzene rings is 1. The van der Waals surface area contributed by atoms with E-state index in [1.165, 1.54) is 11.1 Å². The van der Waals surface area contributed by atoms with Crippen molar-refractivity contribution in [2.75, 3.05) is 26.7 Å². The molecule has 1 fully saturated rings. The zero-order valence-electron chi connectivity index (χ0n) is 13.6. The van der Waals surface area contributed by atoms with Crippen molar-refractivity contribution in [3.8, 4) is 5.75 Å². The molecule has 0 bridgehead atoms. The molecular weight excluding hydrogens is 308 g/mol. The topological polar surface area (TPSA) is 32.8 Å². The molecule has 3 rings (SSSR count). The van der Waals surface area contributed by atoms with Gasteiger partial charge in [0.05, 0.1) is 13.2 Å². The number of ether oxygens (including phenoxy) is 1. The largest absolute Gasteiger partial charge is 0.497 e. The van der Waals surface area contributed by atoms with Gasteiger partial charge in [-0.15, -0.1) is 0 Å². The van der Waals surface area contributed by atoms with Gasteiger partial charge in [0.25, 0.3) is 0 Å². The van der Waals surface area contributed by atoms with Crippen LogP contribution >= 0.6 is 11.3 Å². The van der Waals surface area contributed by atoms with E-state index in [-0.39, 0.29) is 11.9 Å². The van der Waals surface area contributed by atoms with E-state index in [0.717, 1.165) is 31.9 Å². The van der Waals surface area contributed by atoms with E-state index < -0.39 is 0 Å². The summed E-state index contributed by atoms with van der Waals surface area (Å²) < 4.78 is 5.25. The van der Waals surface area contributed by atoms with Gasteiger partial charge in [0.1, 0.15) is 5.75 Å². The number of hydrogen-bond acceptors (Lipinski definition) is 4. The molecule has 0 saturated carbocycles. The number of carbonyl (C=O) groups is 1. The lowest BCUT2D eigenvalue weighted by molar-refractivity contribution is -0.132. The van der Waals surface area contributed by atoms with Gasteiger partial charge in [0.2, 0.25) is 5.91 Å². The summed E-state index contributed by atoms with van der Waals surface area (Å²) >= 11 is 1.73. The summed E-state index contributed by atoms with van der Waals surface area (Å²) in [5.41, 5.74) is 2.57. The Morgan fingerprint density at radius 3 is 2.65 bits per heavy atom. The second-order valence-electron chi connectivity index (χ2n) is 5.86. The molecule has 4 nitrogen and oxygen atoms in total. The average Bonchev–Trinajstić information content (AvgIpc) is 3.08. The second kappa shape index (κ2) is 7.15. The van der Waals surface area contributed by atoms with E-state index in [9.17, 15) is 4.79 Å². The van der Waals surface area contributed by atoms with E-state index in [1.807, 2.05) is 17.0 Å². The molecule has 2 heterocycles. The average molecular weight is 330 g/mol. The molecule has 0 unspecified atom stereocenters. The molecule has 0 radical (unpaired) electrons. The van der Waals surface area contributed by atoms with Crippen molar-refractivity contribution in [3.63, 3.8) is 0 Å². The first kappa shape index (κ1) is 16.0. The van der Waals surface area contributed by atoms with E-state index >= 15 is 0 Å². The van der Waals surface area contributed by atoms with Gasteiger partial charge < -0.3 is 9.64 Å². The quantitative estimate of drug-likeness (QED) is 0.863. The summed E-state index contributed by atoms with van der Waals surface area (Å²) in [7, 11) is 1.68. The standard InChI is InChI=1S/C18H22N2O2S/c1-14(21)19-8-9-20(11-15-7-10-23-13-15)18(12-19)16-3-5-17(22-2)6-4-16/h3-7,10,13,18H,8-9,11-12H2,1-2H3/t18-/m1/s1. The minimum atomic E-state index is 0.152. The highest BCUT2D eigenvalue weighted by atomic mass is 32.1. The van der Waals surface area contributed by atoms with Crippen molar-refractivity contribution in [3.05, 3.63) is 52.2 Å². The fraction of sp³-hybridized carbons (Fsp3) is 0.389. The summed E-state index contributed by atoms with van der Waals surface area (Å²) in [6, 6.07) is 10.6. The molecule has 0 N–H and O–H groups in total. The summed E-state index contributed by atoms with van der Waals surface area (Å²) in [6.07, 6.45) is 0. The fourth-order valence-electron chi connectivity index (χ4n) is 3.06. The number of hydrogen-bond donors (Lipinski definition) is 0. The van der Waals surface area contributed by atoms with Crippen LogP contribution in [0.15, 0.2) is 41.1 Å². The maximum atomic E-state index is 11.8. The Morgan fingerprint density at radius 1 is 1.26 bits per heavy atom. The fourth-order valence-corrected chi connectivity index (χ4v) is 3.71. The van der Waals surface area contributed by atoms with Crippen molar-refractivity contribution in [1.29, 1.82) is 0 Å². The van der Waals surface area contributed by atoms with Crippen molar-refractivity contribution in [2.45, 2.75) is 19.5 Å². The van der Waals surface area contributed by atoms with Crippen molar-refractivity contribution >= 4 is 17.2 Å². The maximum absolute atomic E-state index is 11.8. The van der Waals surface area contributed by atoms with Crippen LogP contribution in [0.25, 0.3) is 0 Å². The summed E-state index contributed by atoms with van der Waals surface area (Å²) in [5.74, 6) is 1.01. The minimum absolute atomic E-state index is 0.152. The van der Waals surface area contributed by atoms with Crippen LogP contribution in [0.2, 0.25) is 0 Å². The molecule has 1 aromatic heterocycles. The smallest absolute Gasteiger partial charge is 0.219 e. The lowest BCUT2D eigenvalue weighted by atomic mass is 10.0. The Hall–Kier alpha value is -1.85. The number of amides is 1. The molecule has 1 aliphatic rings. The van der Waals surface area contributed by atoms with Gasteiger partial charge in [0, 0.05) is 33.1 Å². The van der Waals surface area contributed by atoms with Crippen LogP contribution in [-0.2, 0) is 11.3 Å². The van der Waals surface area contributed by atoms with Crippen molar-refractivity contribution in [1.82, 2.24) is 9.80 Å². The van der Waals surface area contributed by atoms with Crippen LogP contribution in [0.1, 0.15) is 24.1 Å². The van der Waals surface area contributed by atoms with Crippen LogP contribution in [0.5, 0.6) is 5.75 Å². The predicted octanol–water partition coefficient (Wildman–Crippen LogP) is 3.16. The zero-order valence-corrected chi connectivity index (χ0v) is 14.4. The number of nitrogens with zero attached hydrogens (tertiary/aromatic N) is 2. The molecular formula is C18H22N2O2S. The lowest BCUT2D eigenvalue weighted by Gasteiger charge is -2.41. The van der Waals surface area contributed by atoms with E-state index in [0.29, 0.717) is 0 Å². The highest BCUT2D eigenvalue weighted by Gasteiger charge is 2.29. The molecule has 23 heavy (non-hydrogen) atoms. The molecule has 122 valence electrons. The molecule has 1 saturated heterocycles. The van der Waals surface area contributed by atoms with Gasteiger partial charge in [0.15, 0.2) is 0 Å². The second-order valence-corrected chi connectivity index (χ2v) is 6.64. The van der Waals surface area contributed by atoms with Crippen molar-refractivity contribution < 1.29 is 9.53 Å². The van der Waals surface area contributed by atoms with Crippen LogP contribution < -0.4 is 4.74 Å². The first-order chi connectivity index (χ1) is 11.2.